The Hall–Kier alpha value is 0.190. The fraction of sp³-hybridized carbons (Fsp3) is 0.417. The van der Waals surface area contributed by atoms with Crippen LogP contribution in [0.3, 0.4) is 0 Å². The molecule has 0 radical (unpaired) electrons. The summed E-state index contributed by atoms with van der Waals surface area (Å²) in [5.74, 6) is 1.62. The first-order chi connectivity index (χ1) is 12.1. The topological polar surface area (TPSA) is 0 Å². The predicted octanol–water partition coefficient (Wildman–Crippen LogP) is 0.831. The van der Waals surface area contributed by atoms with Crippen molar-refractivity contribution in [3.05, 3.63) is 67.1 Å². The number of benzene rings is 1. The van der Waals surface area contributed by atoms with E-state index in [0.29, 0.717) is 0 Å². The second-order valence-corrected chi connectivity index (χ2v) is 11.2. The molecular weight excluding hydrogens is 569 g/mol. The van der Waals surface area contributed by atoms with Gasteiger partial charge in [0.25, 0.3) is 0 Å². The Morgan fingerprint density at radius 1 is 0.964 bits per heavy atom. The van der Waals surface area contributed by atoms with Crippen LogP contribution in [0.15, 0.2) is 60.7 Å². The van der Waals surface area contributed by atoms with Gasteiger partial charge in [-0.2, -0.15) is 12.5 Å². The van der Waals surface area contributed by atoms with Crippen molar-refractivity contribution in [3.63, 3.8) is 0 Å². The molecule has 0 heterocycles. The molecule has 28 heavy (non-hydrogen) atoms. The molecule has 0 bridgehead atoms. The van der Waals surface area contributed by atoms with E-state index in [1.165, 1.54) is 23.6 Å². The molecule has 2 atom stereocenters. The standard InChI is InChI=1S/C15H20P.C9H11.2ClH.Hf/c1-11(2)16(12(3)4)15-9-13-7-5-6-8-14(13)10-15;1-2-5-9-7-3-6-8(9)4-1;;;/h5-12H,1-4H3;1-2,4-6,8-9H,3,7H2;2*1H;/q2*-1;;;+4/p-2. The second kappa shape index (κ2) is 13.5. The maximum absolute atomic E-state index is 2.42. The van der Waals surface area contributed by atoms with Gasteiger partial charge in [0.2, 0.25) is 0 Å². The van der Waals surface area contributed by atoms with Crippen LogP contribution in [-0.2, 0) is 25.8 Å². The quantitative estimate of drug-likeness (QED) is 0.279. The molecular formula is C24H31Cl2HfP. The molecule has 2 unspecified atom stereocenters. The first-order valence-electron chi connectivity index (χ1n) is 9.68. The van der Waals surface area contributed by atoms with E-state index in [9.17, 15) is 0 Å². The molecule has 2 aliphatic carbocycles. The fourth-order valence-corrected chi connectivity index (χ4v) is 7.13. The maximum Gasteiger partial charge on any atom is 4.00 e. The Kier molecular flexibility index (Phi) is 13.6. The summed E-state index contributed by atoms with van der Waals surface area (Å²) >= 11 is 0. The zero-order chi connectivity index (χ0) is 17.8. The van der Waals surface area contributed by atoms with E-state index in [1.807, 2.05) is 0 Å². The fourth-order valence-electron chi connectivity index (χ4n) is 4.17. The van der Waals surface area contributed by atoms with E-state index >= 15 is 0 Å². The maximum atomic E-state index is 2.42. The van der Waals surface area contributed by atoms with Gasteiger partial charge in [-0.3, -0.25) is 0 Å². The van der Waals surface area contributed by atoms with Crippen molar-refractivity contribution in [2.45, 2.75) is 51.9 Å². The Morgan fingerprint density at radius 3 is 2.21 bits per heavy atom. The van der Waals surface area contributed by atoms with Gasteiger partial charge in [-0.1, -0.05) is 66.3 Å². The van der Waals surface area contributed by atoms with Crippen LogP contribution < -0.4 is 30.1 Å². The third-order valence-corrected chi connectivity index (χ3v) is 8.33. The van der Waals surface area contributed by atoms with E-state index in [4.69, 9.17) is 0 Å². The van der Waals surface area contributed by atoms with Crippen LogP contribution in [0.5, 0.6) is 0 Å². The predicted molar refractivity (Wildman–Crippen MR) is 115 cm³/mol. The van der Waals surface area contributed by atoms with Crippen molar-refractivity contribution in [1.82, 2.24) is 0 Å². The molecule has 150 valence electrons. The third kappa shape index (κ3) is 7.16. The minimum absolute atomic E-state index is 0. The molecule has 0 nitrogen and oxygen atoms in total. The number of halogens is 2. The Balaban J connectivity index is 0.000000525. The van der Waals surface area contributed by atoms with E-state index in [-0.39, 0.29) is 58.6 Å². The Bertz CT molecular complexity index is 689. The van der Waals surface area contributed by atoms with Gasteiger partial charge in [0.15, 0.2) is 0 Å². The van der Waals surface area contributed by atoms with Crippen LogP contribution in [0.25, 0.3) is 10.8 Å². The molecule has 0 spiro atoms. The summed E-state index contributed by atoms with van der Waals surface area (Å²) in [5, 5.41) is 4.36. The van der Waals surface area contributed by atoms with Gasteiger partial charge in [-0.15, -0.1) is 52.3 Å². The van der Waals surface area contributed by atoms with Crippen molar-refractivity contribution in [2.75, 3.05) is 0 Å². The molecule has 0 N–H and O–H groups in total. The van der Waals surface area contributed by atoms with Crippen molar-refractivity contribution in [3.8, 4) is 0 Å². The van der Waals surface area contributed by atoms with Gasteiger partial charge in [-0.05, 0) is 17.2 Å². The summed E-state index contributed by atoms with van der Waals surface area (Å²) in [6.45, 7) is 9.40. The molecule has 4 rings (SSSR count). The number of fused-ring (bicyclic) bond motifs is 2. The van der Waals surface area contributed by atoms with Crippen molar-refractivity contribution in [2.24, 2.45) is 11.8 Å². The smallest absolute Gasteiger partial charge is 1.00 e. The summed E-state index contributed by atoms with van der Waals surface area (Å²) in [7, 11) is -0.0206. The molecule has 2 aromatic carbocycles. The van der Waals surface area contributed by atoms with Crippen molar-refractivity contribution < 1.29 is 50.7 Å². The summed E-state index contributed by atoms with van der Waals surface area (Å²) in [6.07, 6.45) is 14.1. The van der Waals surface area contributed by atoms with Gasteiger partial charge in [0.1, 0.15) is 0 Å². The van der Waals surface area contributed by atoms with E-state index in [0.717, 1.165) is 23.2 Å². The van der Waals surface area contributed by atoms with E-state index in [2.05, 4.69) is 94.8 Å². The molecule has 1 saturated carbocycles. The largest absolute Gasteiger partial charge is 4.00 e. The van der Waals surface area contributed by atoms with Crippen molar-refractivity contribution in [1.29, 1.82) is 0 Å². The zero-order valence-electron chi connectivity index (χ0n) is 17.3. The zero-order valence-corrected chi connectivity index (χ0v) is 23.3. The van der Waals surface area contributed by atoms with Crippen LogP contribution in [0.4, 0.5) is 0 Å². The SMILES string of the molecule is C1=CC2[CH-]CCC2C=C1.CC(C)P(c1cc2ccccc2[cH-]1)C(C)C.[Cl-].[Cl-].[Hf+4]. The number of allylic oxidation sites excluding steroid dienone is 4. The molecule has 0 amide bonds. The van der Waals surface area contributed by atoms with Gasteiger partial charge in [0.05, 0.1) is 0 Å². The van der Waals surface area contributed by atoms with Crippen molar-refractivity contribution >= 4 is 24.0 Å². The average Bonchev–Trinajstić information content (AvgIpc) is 3.21. The van der Waals surface area contributed by atoms with Gasteiger partial charge >= 0.3 is 25.8 Å². The monoisotopic (exact) mass is 600 g/mol. The first kappa shape index (κ1) is 28.2. The molecule has 2 aromatic rings. The Labute approximate surface area is 204 Å². The van der Waals surface area contributed by atoms with Gasteiger partial charge in [0, 0.05) is 0 Å². The van der Waals surface area contributed by atoms with E-state index in [1.54, 1.807) is 5.30 Å². The summed E-state index contributed by atoms with van der Waals surface area (Å²) in [4.78, 5) is 0. The Morgan fingerprint density at radius 2 is 1.61 bits per heavy atom. The van der Waals surface area contributed by atoms with Crippen LogP contribution in [-0.4, -0.2) is 11.3 Å². The molecule has 1 fully saturated rings. The normalized spacial score (nSPS) is 19.5. The van der Waals surface area contributed by atoms with E-state index < -0.39 is 0 Å². The van der Waals surface area contributed by atoms with Crippen LogP contribution in [0.2, 0.25) is 0 Å². The number of rotatable bonds is 3. The summed E-state index contributed by atoms with van der Waals surface area (Å²) in [5.41, 5.74) is 1.54. The molecule has 4 heteroatoms. The second-order valence-electron chi connectivity index (χ2n) is 7.76. The number of hydrogen-bond acceptors (Lipinski definition) is 0. The minimum Gasteiger partial charge on any atom is -1.00 e. The summed E-state index contributed by atoms with van der Waals surface area (Å²) in [6, 6.07) is 13.5. The van der Waals surface area contributed by atoms with Gasteiger partial charge < -0.3 is 31.2 Å². The minimum atomic E-state index is -0.0206. The van der Waals surface area contributed by atoms with Gasteiger partial charge in [-0.25, -0.2) is 0 Å². The van der Waals surface area contributed by atoms with Crippen LogP contribution in [0.1, 0.15) is 40.5 Å². The average molecular weight is 600 g/mol. The molecule has 2 aliphatic rings. The third-order valence-electron chi connectivity index (χ3n) is 5.25. The van der Waals surface area contributed by atoms with Crippen LogP contribution >= 0.6 is 7.92 Å². The number of hydrogen-bond donors (Lipinski definition) is 0. The van der Waals surface area contributed by atoms with Crippen LogP contribution in [0, 0.1) is 18.3 Å². The molecule has 0 aliphatic heterocycles. The summed E-state index contributed by atoms with van der Waals surface area (Å²) < 4.78 is 0. The molecule has 0 saturated heterocycles. The first-order valence-corrected chi connectivity index (χ1v) is 11.2. The molecule has 0 aromatic heterocycles.